The molecule has 6 nitrogen and oxygen atoms in total. The summed E-state index contributed by atoms with van der Waals surface area (Å²) in [6.07, 6.45) is 5.07. The van der Waals surface area contributed by atoms with Crippen LogP contribution in [-0.2, 0) is 4.74 Å². The number of hydrogen-bond acceptors (Lipinski definition) is 5. The summed E-state index contributed by atoms with van der Waals surface area (Å²) in [5, 5.41) is 4.45. The maximum Gasteiger partial charge on any atom is 0.344 e. The molecule has 0 spiro atoms. The van der Waals surface area contributed by atoms with E-state index < -0.39 is 5.97 Å². The Balaban J connectivity index is 2.26. The standard InChI is InChI=1S/C15H14N4O2/c1-3-21-15(20)12-13(11-5-7-16-10(2)9-11)18-19-8-4-6-17-14(12)19/h4-9H,3H2,1-2H3. The Bertz CT molecular complexity index is 810. The van der Waals surface area contributed by atoms with Crippen molar-refractivity contribution in [3.63, 3.8) is 0 Å². The zero-order chi connectivity index (χ0) is 14.8. The minimum absolute atomic E-state index is 0.303. The molecule has 0 aromatic carbocycles. The number of carbonyl (C=O) groups excluding carboxylic acids is 1. The van der Waals surface area contributed by atoms with E-state index in [1.54, 1.807) is 36.1 Å². The molecule has 0 aliphatic carbocycles. The van der Waals surface area contributed by atoms with E-state index in [1.165, 1.54) is 0 Å². The van der Waals surface area contributed by atoms with Crippen LogP contribution in [0.25, 0.3) is 16.9 Å². The van der Waals surface area contributed by atoms with Crippen LogP contribution < -0.4 is 0 Å². The first-order valence-corrected chi connectivity index (χ1v) is 6.64. The lowest BCUT2D eigenvalue weighted by Gasteiger charge is -2.03. The first kappa shape index (κ1) is 13.2. The number of ether oxygens (including phenoxy) is 1. The van der Waals surface area contributed by atoms with Crippen LogP contribution in [0.3, 0.4) is 0 Å². The molecule has 0 radical (unpaired) electrons. The van der Waals surface area contributed by atoms with Gasteiger partial charge in [0.15, 0.2) is 5.65 Å². The Labute approximate surface area is 121 Å². The maximum absolute atomic E-state index is 12.3. The molecule has 0 aliphatic rings. The predicted octanol–water partition coefficient (Wildman–Crippen LogP) is 2.28. The van der Waals surface area contributed by atoms with Crippen LogP contribution in [0.2, 0.25) is 0 Å². The molecule has 21 heavy (non-hydrogen) atoms. The van der Waals surface area contributed by atoms with E-state index in [9.17, 15) is 4.79 Å². The largest absolute Gasteiger partial charge is 0.462 e. The Morgan fingerprint density at radius 3 is 2.95 bits per heavy atom. The van der Waals surface area contributed by atoms with Gasteiger partial charge in [-0.25, -0.2) is 14.3 Å². The van der Waals surface area contributed by atoms with Crippen molar-refractivity contribution in [3.05, 3.63) is 48.0 Å². The second-order valence-corrected chi connectivity index (χ2v) is 4.52. The third kappa shape index (κ3) is 2.35. The topological polar surface area (TPSA) is 69.4 Å². The van der Waals surface area contributed by atoms with Gasteiger partial charge in [-0.2, -0.15) is 5.10 Å². The number of carbonyl (C=O) groups is 1. The number of hydrogen-bond donors (Lipinski definition) is 0. The number of rotatable bonds is 3. The third-order valence-electron chi connectivity index (χ3n) is 3.04. The van der Waals surface area contributed by atoms with Gasteiger partial charge < -0.3 is 4.74 Å². The number of fused-ring (bicyclic) bond motifs is 1. The molecule has 0 unspecified atom stereocenters. The van der Waals surface area contributed by atoms with E-state index in [0.29, 0.717) is 23.5 Å². The highest BCUT2D eigenvalue weighted by atomic mass is 16.5. The number of pyridine rings is 1. The molecule has 3 rings (SSSR count). The first-order chi connectivity index (χ1) is 10.2. The molecule has 3 heterocycles. The summed E-state index contributed by atoms with van der Waals surface area (Å²) < 4.78 is 6.72. The number of aryl methyl sites for hydroxylation is 1. The monoisotopic (exact) mass is 282 g/mol. The minimum atomic E-state index is -0.421. The van der Waals surface area contributed by atoms with E-state index in [1.807, 2.05) is 19.1 Å². The molecule has 3 aromatic heterocycles. The van der Waals surface area contributed by atoms with Crippen LogP contribution in [0.4, 0.5) is 0 Å². The molecule has 6 heteroatoms. The van der Waals surface area contributed by atoms with Gasteiger partial charge in [0.2, 0.25) is 0 Å². The molecular weight excluding hydrogens is 268 g/mol. The lowest BCUT2D eigenvalue weighted by molar-refractivity contribution is 0.0529. The number of nitrogens with zero attached hydrogens (tertiary/aromatic N) is 4. The summed E-state index contributed by atoms with van der Waals surface area (Å²) in [6.45, 7) is 3.96. The second kappa shape index (κ2) is 5.32. The predicted molar refractivity (Wildman–Crippen MR) is 76.9 cm³/mol. The van der Waals surface area contributed by atoms with Crippen molar-refractivity contribution >= 4 is 11.6 Å². The zero-order valence-corrected chi connectivity index (χ0v) is 11.8. The van der Waals surface area contributed by atoms with Crippen molar-refractivity contribution in [2.45, 2.75) is 13.8 Å². The van der Waals surface area contributed by atoms with Crippen molar-refractivity contribution in [2.24, 2.45) is 0 Å². The van der Waals surface area contributed by atoms with Crippen molar-refractivity contribution in [1.29, 1.82) is 0 Å². The molecule has 0 atom stereocenters. The summed E-state index contributed by atoms with van der Waals surface area (Å²) in [6, 6.07) is 5.46. The fourth-order valence-electron chi connectivity index (χ4n) is 2.17. The van der Waals surface area contributed by atoms with E-state index in [0.717, 1.165) is 11.3 Å². The first-order valence-electron chi connectivity index (χ1n) is 6.64. The van der Waals surface area contributed by atoms with Crippen molar-refractivity contribution in [1.82, 2.24) is 19.6 Å². The van der Waals surface area contributed by atoms with Crippen LogP contribution in [0.15, 0.2) is 36.8 Å². The van der Waals surface area contributed by atoms with Gasteiger partial charge in [-0.15, -0.1) is 0 Å². The molecule has 0 amide bonds. The SMILES string of the molecule is CCOC(=O)c1c(-c2ccnc(C)c2)nn2cccnc12. The summed E-state index contributed by atoms with van der Waals surface area (Å²) in [5.41, 5.74) is 3.09. The average Bonchev–Trinajstić information content (AvgIpc) is 2.87. The second-order valence-electron chi connectivity index (χ2n) is 4.52. The van der Waals surface area contributed by atoms with Gasteiger partial charge in [0, 0.05) is 29.8 Å². The fraction of sp³-hybridized carbons (Fsp3) is 0.200. The normalized spacial score (nSPS) is 10.8. The number of aromatic nitrogens is 4. The van der Waals surface area contributed by atoms with Crippen molar-refractivity contribution in [2.75, 3.05) is 6.61 Å². The van der Waals surface area contributed by atoms with Crippen LogP contribution in [0.1, 0.15) is 23.0 Å². The summed E-state index contributed by atoms with van der Waals surface area (Å²) in [4.78, 5) is 20.7. The van der Waals surface area contributed by atoms with E-state index in [-0.39, 0.29) is 0 Å². The smallest absolute Gasteiger partial charge is 0.344 e. The molecule has 3 aromatic rings. The molecule has 0 saturated heterocycles. The molecule has 0 saturated carbocycles. The Morgan fingerprint density at radius 2 is 2.19 bits per heavy atom. The highest BCUT2D eigenvalue weighted by molar-refractivity contribution is 6.02. The van der Waals surface area contributed by atoms with Crippen LogP contribution >= 0.6 is 0 Å². The summed E-state index contributed by atoms with van der Waals surface area (Å²) in [7, 11) is 0. The van der Waals surface area contributed by atoms with Gasteiger partial charge in [-0.1, -0.05) is 0 Å². The quantitative estimate of drug-likeness (QED) is 0.689. The van der Waals surface area contributed by atoms with Gasteiger partial charge in [-0.3, -0.25) is 4.98 Å². The minimum Gasteiger partial charge on any atom is -0.462 e. The average molecular weight is 282 g/mol. The Hall–Kier alpha value is -2.76. The van der Waals surface area contributed by atoms with E-state index in [4.69, 9.17) is 4.74 Å². The molecule has 0 fully saturated rings. The van der Waals surface area contributed by atoms with Crippen LogP contribution in [0, 0.1) is 6.92 Å². The zero-order valence-electron chi connectivity index (χ0n) is 11.8. The van der Waals surface area contributed by atoms with Gasteiger partial charge in [0.05, 0.1) is 6.61 Å². The highest BCUT2D eigenvalue weighted by Crippen LogP contribution is 2.26. The van der Waals surface area contributed by atoms with Gasteiger partial charge >= 0.3 is 5.97 Å². The van der Waals surface area contributed by atoms with E-state index in [2.05, 4.69) is 15.1 Å². The Morgan fingerprint density at radius 1 is 1.33 bits per heavy atom. The lowest BCUT2D eigenvalue weighted by Crippen LogP contribution is -2.06. The summed E-state index contributed by atoms with van der Waals surface area (Å²) >= 11 is 0. The van der Waals surface area contributed by atoms with Crippen molar-refractivity contribution < 1.29 is 9.53 Å². The van der Waals surface area contributed by atoms with E-state index >= 15 is 0 Å². The molecular formula is C15H14N4O2. The van der Waals surface area contributed by atoms with Gasteiger partial charge in [0.25, 0.3) is 0 Å². The molecule has 0 bridgehead atoms. The highest BCUT2D eigenvalue weighted by Gasteiger charge is 2.23. The van der Waals surface area contributed by atoms with Crippen molar-refractivity contribution in [3.8, 4) is 11.3 Å². The molecule has 0 N–H and O–H groups in total. The fourth-order valence-corrected chi connectivity index (χ4v) is 2.17. The Kier molecular flexibility index (Phi) is 3.35. The lowest BCUT2D eigenvalue weighted by atomic mass is 10.1. The number of esters is 1. The van der Waals surface area contributed by atoms with Gasteiger partial charge in [-0.05, 0) is 32.0 Å². The summed E-state index contributed by atoms with van der Waals surface area (Å²) in [5.74, 6) is -0.421. The maximum atomic E-state index is 12.3. The van der Waals surface area contributed by atoms with Gasteiger partial charge in [0.1, 0.15) is 11.3 Å². The van der Waals surface area contributed by atoms with Crippen LogP contribution in [0.5, 0.6) is 0 Å². The molecule has 106 valence electrons. The third-order valence-corrected chi connectivity index (χ3v) is 3.04. The van der Waals surface area contributed by atoms with Crippen LogP contribution in [-0.4, -0.2) is 32.2 Å². The molecule has 0 aliphatic heterocycles.